The van der Waals surface area contributed by atoms with Gasteiger partial charge in [0, 0.05) is 26.7 Å². The van der Waals surface area contributed by atoms with Crippen molar-refractivity contribution >= 4 is 10.2 Å². The molecule has 0 amide bonds. The van der Waals surface area contributed by atoms with E-state index < -0.39 is 10.2 Å². The summed E-state index contributed by atoms with van der Waals surface area (Å²) in [5, 5.41) is 3.26. The number of hydrogen-bond donors (Lipinski definition) is 2. The van der Waals surface area contributed by atoms with Crippen molar-refractivity contribution in [1.29, 1.82) is 0 Å². The number of unbranched alkanes of at least 4 members (excludes halogenated alkanes) is 1. The molecule has 0 rings (SSSR count). The van der Waals surface area contributed by atoms with Crippen LogP contribution in [0.5, 0.6) is 0 Å². The van der Waals surface area contributed by atoms with E-state index in [1.165, 1.54) is 4.31 Å². The summed E-state index contributed by atoms with van der Waals surface area (Å²) in [6.07, 6.45) is 3.80. The molecular formula is C14H33N3O3S. The van der Waals surface area contributed by atoms with Gasteiger partial charge in [-0.25, -0.2) is 4.72 Å². The van der Waals surface area contributed by atoms with Gasteiger partial charge in [-0.1, -0.05) is 6.92 Å². The molecule has 0 fully saturated rings. The standard InChI is InChI=1S/C14H33N3O3S/c1-5-9-15-10-8-12-17(4)21(18,19)16-11-6-7-13-20-14(2)3/h14-16H,5-13H2,1-4H3. The van der Waals surface area contributed by atoms with Crippen LogP contribution in [0.1, 0.15) is 46.5 Å². The van der Waals surface area contributed by atoms with E-state index in [1.54, 1.807) is 7.05 Å². The first-order valence-electron chi connectivity index (χ1n) is 7.93. The fourth-order valence-electron chi connectivity index (χ4n) is 1.71. The van der Waals surface area contributed by atoms with Crippen molar-refractivity contribution in [2.45, 2.75) is 52.6 Å². The minimum absolute atomic E-state index is 0.231. The smallest absolute Gasteiger partial charge is 0.279 e. The summed E-state index contributed by atoms with van der Waals surface area (Å²) in [5.41, 5.74) is 0. The molecule has 0 bridgehead atoms. The van der Waals surface area contributed by atoms with E-state index in [0.29, 0.717) is 19.7 Å². The van der Waals surface area contributed by atoms with Crippen LogP contribution in [0.3, 0.4) is 0 Å². The second-order valence-corrected chi connectivity index (χ2v) is 7.31. The van der Waals surface area contributed by atoms with E-state index in [9.17, 15) is 8.42 Å². The molecule has 128 valence electrons. The van der Waals surface area contributed by atoms with Gasteiger partial charge >= 0.3 is 0 Å². The fraction of sp³-hybridized carbons (Fsp3) is 1.00. The minimum atomic E-state index is -3.34. The molecule has 7 heteroatoms. The Balaban J connectivity index is 3.70. The van der Waals surface area contributed by atoms with Crippen molar-refractivity contribution in [2.75, 3.05) is 39.8 Å². The molecule has 0 aromatic heterocycles. The lowest BCUT2D eigenvalue weighted by Crippen LogP contribution is -2.39. The van der Waals surface area contributed by atoms with Gasteiger partial charge in [0.2, 0.25) is 0 Å². The highest BCUT2D eigenvalue weighted by molar-refractivity contribution is 7.87. The molecule has 0 aliphatic heterocycles. The van der Waals surface area contributed by atoms with Gasteiger partial charge in [0.05, 0.1) is 6.10 Å². The van der Waals surface area contributed by atoms with E-state index in [-0.39, 0.29) is 6.10 Å². The predicted octanol–water partition coefficient (Wildman–Crippen LogP) is 1.35. The van der Waals surface area contributed by atoms with Gasteiger partial charge in [-0.15, -0.1) is 0 Å². The average Bonchev–Trinajstić information content (AvgIpc) is 2.41. The third-order valence-corrected chi connectivity index (χ3v) is 4.54. The highest BCUT2D eigenvalue weighted by Gasteiger charge is 2.15. The van der Waals surface area contributed by atoms with E-state index >= 15 is 0 Å². The van der Waals surface area contributed by atoms with Crippen LogP contribution in [0.2, 0.25) is 0 Å². The zero-order valence-corrected chi connectivity index (χ0v) is 14.8. The maximum atomic E-state index is 12.0. The molecule has 0 heterocycles. The van der Waals surface area contributed by atoms with E-state index in [2.05, 4.69) is 17.0 Å². The van der Waals surface area contributed by atoms with E-state index in [0.717, 1.165) is 38.8 Å². The van der Waals surface area contributed by atoms with Crippen molar-refractivity contribution in [3.8, 4) is 0 Å². The summed E-state index contributed by atoms with van der Waals surface area (Å²) in [6.45, 7) is 9.59. The topological polar surface area (TPSA) is 70.7 Å². The quantitative estimate of drug-likeness (QED) is 0.473. The van der Waals surface area contributed by atoms with E-state index in [4.69, 9.17) is 4.74 Å². The first kappa shape index (κ1) is 20.8. The number of rotatable bonds is 14. The molecule has 0 aromatic carbocycles. The maximum Gasteiger partial charge on any atom is 0.279 e. The average molecular weight is 324 g/mol. The highest BCUT2D eigenvalue weighted by atomic mass is 32.2. The zero-order valence-electron chi connectivity index (χ0n) is 14.0. The second kappa shape index (κ2) is 12.3. The van der Waals surface area contributed by atoms with Gasteiger partial charge < -0.3 is 10.1 Å². The monoisotopic (exact) mass is 323 g/mol. The number of nitrogens with zero attached hydrogens (tertiary/aromatic N) is 1. The molecule has 0 atom stereocenters. The van der Waals surface area contributed by atoms with Crippen LogP contribution in [0.4, 0.5) is 0 Å². The van der Waals surface area contributed by atoms with Crippen molar-refractivity contribution in [3.05, 3.63) is 0 Å². The molecule has 0 aromatic rings. The molecule has 0 saturated carbocycles. The Kier molecular flexibility index (Phi) is 12.2. The Morgan fingerprint density at radius 2 is 1.81 bits per heavy atom. The maximum absolute atomic E-state index is 12.0. The van der Waals surface area contributed by atoms with Gasteiger partial charge in [-0.05, 0) is 52.6 Å². The molecule has 0 saturated heterocycles. The highest BCUT2D eigenvalue weighted by Crippen LogP contribution is 1.98. The number of nitrogens with one attached hydrogen (secondary N) is 2. The molecule has 2 N–H and O–H groups in total. The van der Waals surface area contributed by atoms with Gasteiger partial charge in [-0.3, -0.25) is 0 Å². The van der Waals surface area contributed by atoms with Crippen LogP contribution in [-0.4, -0.2) is 58.7 Å². The van der Waals surface area contributed by atoms with Gasteiger partial charge in [0.15, 0.2) is 0 Å². The molecule has 0 aliphatic rings. The Morgan fingerprint density at radius 3 is 2.43 bits per heavy atom. The van der Waals surface area contributed by atoms with Crippen molar-refractivity contribution in [1.82, 2.24) is 14.3 Å². The van der Waals surface area contributed by atoms with Gasteiger partial charge in [0.25, 0.3) is 10.2 Å². The molecule has 0 aliphatic carbocycles. The van der Waals surface area contributed by atoms with Crippen LogP contribution in [0.25, 0.3) is 0 Å². The molecule has 0 spiro atoms. The molecule has 0 radical (unpaired) electrons. The van der Waals surface area contributed by atoms with Crippen molar-refractivity contribution in [3.63, 3.8) is 0 Å². The summed E-state index contributed by atoms with van der Waals surface area (Å²) >= 11 is 0. The SMILES string of the molecule is CCCNCCCN(C)S(=O)(=O)NCCCCOC(C)C. The zero-order chi connectivity index (χ0) is 16.1. The summed E-state index contributed by atoms with van der Waals surface area (Å²) in [6, 6.07) is 0. The van der Waals surface area contributed by atoms with Gasteiger partial charge in [-0.2, -0.15) is 12.7 Å². The van der Waals surface area contributed by atoms with Crippen LogP contribution in [0.15, 0.2) is 0 Å². The summed E-state index contributed by atoms with van der Waals surface area (Å²) in [7, 11) is -1.73. The third-order valence-electron chi connectivity index (χ3n) is 2.97. The minimum Gasteiger partial charge on any atom is -0.379 e. The first-order valence-corrected chi connectivity index (χ1v) is 9.37. The third kappa shape index (κ3) is 12.1. The first-order chi connectivity index (χ1) is 9.90. The van der Waals surface area contributed by atoms with Crippen molar-refractivity contribution < 1.29 is 13.2 Å². The fourth-order valence-corrected chi connectivity index (χ4v) is 2.70. The van der Waals surface area contributed by atoms with Crippen molar-refractivity contribution in [2.24, 2.45) is 0 Å². The number of ether oxygens (including phenoxy) is 1. The molecular weight excluding hydrogens is 290 g/mol. The lowest BCUT2D eigenvalue weighted by Gasteiger charge is -2.17. The lowest BCUT2D eigenvalue weighted by atomic mass is 10.3. The number of hydrogen-bond acceptors (Lipinski definition) is 4. The molecule has 6 nitrogen and oxygen atoms in total. The summed E-state index contributed by atoms with van der Waals surface area (Å²) in [4.78, 5) is 0. The Labute approximate surface area is 130 Å². The Hall–Kier alpha value is -0.210. The largest absolute Gasteiger partial charge is 0.379 e. The Bertz CT molecular complexity index is 334. The Morgan fingerprint density at radius 1 is 1.10 bits per heavy atom. The predicted molar refractivity (Wildman–Crippen MR) is 87.7 cm³/mol. The van der Waals surface area contributed by atoms with Crippen LogP contribution < -0.4 is 10.0 Å². The second-order valence-electron chi connectivity index (χ2n) is 5.45. The van der Waals surface area contributed by atoms with Crippen LogP contribution in [0, 0.1) is 0 Å². The molecule has 0 unspecified atom stereocenters. The lowest BCUT2D eigenvalue weighted by molar-refractivity contribution is 0.0762. The normalized spacial score (nSPS) is 12.5. The van der Waals surface area contributed by atoms with Gasteiger partial charge in [0.1, 0.15) is 0 Å². The summed E-state index contributed by atoms with van der Waals surface area (Å²) in [5.74, 6) is 0. The molecule has 21 heavy (non-hydrogen) atoms. The van der Waals surface area contributed by atoms with E-state index in [1.807, 2.05) is 13.8 Å². The van der Waals surface area contributed by atoms with Crippen LogP contribution >= 0.6 is 0 Å². The van der Waals surface area contributed by atoms with Crippen LogP contribution in [-0.2, 0) is 14.9 Å². The summed E-state index contributed by atoms with van der Waals surface area (Å²) < 4.78 is 33.3.